The van der Waals surface area contributed by atoms with E-state index in [1.165, 1.54) is 17.4 Å². The first-order chi connectivity index (χ1) is 8.89. The van der Waals surface area contributed by atoms with Crippen LogP contribution in [0.2, 0.25) is 5.02 Å². The summed E-state index contributed by atoms with van der Waals surface area (Å²) in [5.41, 5.74) is 0. The van der Waals surface area contributed by atoms with E-state index in [1.807, 2.05) is 0 Å². The van der Waals surface area contributed by atoms with E-state index in [0.29, 0.717) is 13.0 Å². The van der Waals surface area contributed by atoms with Crippen LogP contribution in [0.4, 0.5) is 0 Å². The predicted molar refractivity (Wildman–Crippen MR) is 81.7 cm³/mol. The monoisotopic (exact) mass is 403 g/mol. The van der Waals surface area contributed by atoms with Gasteiger partial charge in [0.2, 0.25) is 0 Å². The van der Waals surface area contributed by atoms with Crippen molar-refractivity contribution in [1.29, 1.82) is 0 Å². The molecule has 0 spiro atoms. The van der Waals surface area contributed by atoms with Crippen molar-refractivity contribution >= 4 is 60.5 Å². The standard InChI is InChI=1S/C11H12BrCl2NO2S2/c12-11-9(14)5-10(18-11)19(16,17)15-7-1-2-8(15)4-6(13)3-7/h5-8H,1-4H2. The van der Waals surface area contributed by atoms with Gasteiger partial charge in [-0.25, -0.2) is 8.42 Å². The van der Waals surface area contributed by atoms with Gasteiger partial charge < -0.3 is 0 Å². The predicted octanol–water partition coefficient (Wildman–Crippen LogP) is 4.09. The van der Waals surface area contributed by atoms with Crippen LogP contribution in [0, 0.1) is 0 Å². The van der Waals surface area contributed by atoms with Crippen LogP contribution in [0.5, 0.6) is 0 Å². The second kappa shape index (κ2) is 5.14. The van der Waals surface area contributed by atoms with Crippen molar-refractivity contribution in [2.24, 2.45) is 0 Å². The maximum absolute atomic E-state index is 12.7. The van der Waals surface area contributed by atoms with Crippen LogP contribution in [0.15, 0.2) is 14.1 Å². The first kappa shape index (κ1) is 14.6. The molecule has 1 aromatic heterocycles. The van der Waals surface area contributed by atoms with Crippen LogP contribution < -0.4 is 0 Å². The maximum atomic E-state index is 12.7. The summed E-state index contributed by atoms with van der Waals surface area (Å²) in [6, 6.07) is 1.62. The average Bonchev–Trinajstić information content (AvgIpc) is 2.80. The SMILES string of the molecule is O=S(=O)(c1cc(Cl)c(Br)s1)N1C2CCC1CC(Cl)C2. The van der Waals surface area contributed by atoms with Gasteiger partial charge in [0, 0.05) is 17.5 Å². The fourth-order valence-electron chi connectivity index (χ4n) is 3.02. The fourth-order valence-corrected chi connectivity index (χ4v) is 7.82. The maximum Gasteiger partial charge on any atom is 0.253 e. The minimum absolute atomic E-state index is 0.0471. The third-order valence-electron chi connectivity index (χ3n) is 3.76. The van der Waals surface area contributed by atoms with Crippen LogP contribution in [0.25, 0.3) is 0 Å². The molecule has 19 heavy (non-hydrogen) atoms. The van der Waals surface area contributed by atoms with Gasteiger partial charge in [0.25, 0.3) is 10.0 Å². The molecule has 0 radical (unpaired) electrons. The number of sulfonamides is 1. The summed E-state index contributed by atoms with van der Waals surface area (Å²) in [6.45, 7) is 0. The lowest BCUT2D eigenvalue weighted by atomic mass is 10.1. The van der Waals surface area contributed by atoms with Crippen molar-refractivity contribution in [3.63, 3.8) is 0 Å². The highest BCUT2D eigenvalue weighted by atomic mass is 79.9. The number of thiophene rings is 1. The van der Waals surface area contributed by atoms with Gasteiger partial charge in [-0.1, -0.05) is 11.6 Å². The molecule has 3 rings (SSSR count). The van der Waals surface area contributed by atoms with E-state index in [9.17, 15) is 8.42 Å². The van der Waals surface area contributed by atoms with E-state index in [4.69, 9.17) is 23.2 Å². The number of nitrogens with zero attached hydrogens (tertiary/aromatic N) is 1. The number of hydrogen-bond donors (Lipinski definition) is 0. The molecule has 2 fully saturated rings. The molecule has 0 saturated carbocycles. The number of hydrogen-bond acceptors (Lipinski definition) is 3. The molecular weight excluding hydrogens is 393 g/mol. The zero-order chi connectivity index (χ0) is 13.8. The molecule has 3 heterocycles. The van der Waals surface area contributed by atoms with E-state index >= 15 is 0 Å². The van der Waals surface area contributed by atoms with Gasteiger partial charge in [0.15, 0.2) is 0 Å². The number of fused-ring (bicyclic) bond motifs is 2. The van der Waals surface area contributed by atoms with Gasteiger partial charge >= 0.3 is 0 Å². The summed E-state index contributed by atoms with van der Waals surface area (Å²) in [4.78, 5) is 0. The number of alkyl halides is 1. The minimum atomic E-state index is -3.44. The molecule has 0 aromatic carbocycles. The Morgan fingerprint density at radius 2 is 1.89 bits per heavy atom. The number of piperidine rings is 1. The Kier molecular flexibility index (Phi) is 3.95. The first-order valence-corrected chi connectivity index (χ1v) is 9.88. The van der Waals surface area contributed by atoms with E-state index in [-0.39, 0.29) is 17.5 Å². The Morgan fingerprint density at radius 1 is 1.32 bits per heavy atom. The summed E-state index contributed by atoms with van der Waals surface area (Å²) < 4.78 is 28.1. The van der Waals surface area contributed by atoms with E-state index in [0.717, 1.165) is 25.7 Å². The summed E-state index contributed by atoms with van der Waals surface area (Å²) in [6.07, 6.45) is 3.32. The molecule has 2 saturated heterocycles. The van der Waals surface area contributed by atoms with Crippen molar-refractivity contribution < 1.29 is 8.42 Å². The van der Waals surface area contributed by atoms with Crippen LogP contribution in [-0.4, -0.2) is 30.2 Å². The Balaban J connectivity index is 1.97. The van der Waals surface area contributed by atoms with Gasteiger partial charge in [0.05, 0.1) is 8.81 Å². The van der Waals surface area contributed by atoms with E-state index in [2.05, 4.69) is 15.9 Å². The minimum Gasteiger partial charge on any atom is -0.206 e. The summed E-state index contributed by atoms with van der Waals surface area (Å²) >= 11 is 16.6. The van der Waals surface area contributed by atoms with Gasteiger partial charge in [-0.15, -0.1) is 22.9 Å². The number of halogens is 3. The fraction of sp³-hybridized carbons (Fsp3) is 0.636. The zero-order valence-electron chi connectivity index (χ0n) is 9.85. The van der Waals surface area contributed by atoms with Gasteiger partial charge in [-0.2, -0.15) is 4.31 Å². The lowest BCUT2D eigenvalue weighted by Gasteiger charge is -2.35. The second-order valence-corrected chi connectivity index (χ2v) is 10.4. The molecule has 2 aliphatic heterocycles. The Bertz CT molecular complexity index is 570. The zero-order valence-corrected chi connectivity index (χ0v) is 14.6. The molecule has 2 bridgehead atoms. The molecule has 1 aromatic rings. The lowest BCUT2D eigenvalue weighted by Crippen LogP contribution is -2.46. The molecule has 0 N–H and O–H groups in total. The molecule has 2 unspecified atom stereocenters. The molecule has 2 atom stereocenters. The smallest absolute Gasteiger partial charge is 0.206 e. The lowest BCUT2D eigenvalue weighted by molar-refractivity contribution is 0.252. The van der Waals surface area contributed by atoms with Crippen LogP contribution >= 0.6 is 50.5 Å². The Morgan fingerprint density at radius 3 is 2.37 bits per heavy atom. The summed E-state index contributed by atoms with van der Waals surface area (Å²) in [5.74, 6) is 0. The van der Waals surface area contributed by atoms with Crippen LogP contribution in [0.1, 0.15) is 25.7 Å². The van der Waals surface area contributed by atoms with Crippen LogP contribution in [0.3, 0.4) is 0 Å². The molecular formula is C11H12BrCl2NO2S2. The number of rotatable bonds is 2. The second-order valence-electron chi connectivity index (χ2n) is 4.98. The normalized spacial score (nSPS) is 31.8. The third kappa shape index (κ3) is 2.49. The van der Waals surface area contributed by atoms with E-state index in [1.54, 1.807) is 4.31 Å². The van der Waals surface area contributed by atoms with E-state index < -0.39 is 10.0 Å². The molecule has 0 aliphatic carbocycles. The van der Waals surface area contributed by atoms with Crippen molar-refractivity contribution in [1.82, 2.24) is 4.31 Å². The third-order valence-corrected chi connectivity index (χ3v) is 9.05. The largest absolute Gasteiger partial charge is 0.253 e. The topological polar surface area (TPSA) is 37.4 Å². The van der Waals surface area contributed by atoms with Crippen molar-refractivity contribution in [3.05, 3.63) is 14.9 Å². The molecule has 8 heteroatoms. The molecule has 2 aliphatic rings. The van der Waals surface area contributed by atoms with Gasteiger partial charge in [-0.05, 0) is 47.7 Å². The van der Waals surface area contributed by atoms with Crippen LogP contribution in [-0.2, 0) is 10.0 Å². The van der Waals surface area contributed by atoms with Gasteiger partial charge in [0.1, 0.15) is 4.21 Å². The van der Waals surface area contributed by atoms with Gasteiger partial charge in [-0.3, -0.25) is 0 Å². The average molecular weight is 405 g/mol. The quantitative estimate of drug-likeness (QED) is 0.696. The molecule has 106 valence electrons. The van der Waals surface area contributed by atoms with Crippen molar-refractivity contribution in [2.45, 2.75) is 47.4 Å². The summed E-state index contributed by atoms with van der Waals surface area (Å²) in [5, 5.41) is 0.547. The Hall–Kier alpha value is 0.670. The van der Waals surface area contributed by atoms with Crippen molar-refractivity contribution in [3.8, 4) is 0 Å². The molecule has 3 nitrogen and oxygen atoms in total. The molecule has 0 amide bonds. The van der Waals surface area contributed by atoms with Crippen molar-refractivity contribution in [2.75, 3.05) is 0 Å². The highest BCUT2D eigenvalue weighted by Crippen LogP contribution is 2.44. The first-order valence-electron chi connectivity index (χ1n) is 6.02. The highest BCUT2D eigenvalue weighted by Gasteiger charge is 2.47. The Labute approximate surface area is 135 Å². The summed E-state index contributed by atoms with van der Waals surface area (Å²) in [7, 11) is -3.44. The highest BCUT2D eigenvalue weighted by molar-refractivity contribution is 9.11.